The van der Waals surface area contributed by atoms with Crippen LogP contribution in [0.25, 0.3) is 10.4 Å². The van der Waals surface area contributed by atoms with Crippen molar-refractivity contribution in [1.29, 1.82) is 0 Å². The third-order valence-electron chi connectivity index (χ3n) is 3.61. The van der Waals surface area contributed by atoms with Gasteiger partial charge in [-0.2, -0.15) is 8.78 Å². The third kappa shape index (κ3) is 4.40. The Hall–Kier alpha value is -3.00. The molecule has 8 heteroatoms. The number of methoxy groups -OCH3 is 1. The first-order chi connectivity index (χ1) is 13.0. The van der Waals surface area contributed by atoms with Crippen LogP contribution in [0.2, 0.25) is 0 Å². The van der Waals surface area contributed by atoms with Gasteiger partial charge in [-0.1, -0.05) is 18.2 Å². The Bertz CT molecular complexity index is 959. The average molecular weight is 393 g/mol. The third-order valence-corrected chi connectivity index (χ3v) is 4.72. The molecule has 1 N–H and O–H groups in total. The normalized spacial score (nSPS) is 10.7. The summed E-state index contributed by atoms with van der Waals surface area (Å²) in [5.41, 5.74) is 0.663. The minimum absolute atomic E-state index is 0.117. The second-order valence-corrected chi connectivity index (χ2v) is 6.43. The number of anilines is 1. The van der Waals surface area contributed by atoms with E-state index in [0.717, 1.165) is 11.3 Å². The lowest BCUT2D eigenvalue weighted by molar-refractivity contribution is -0.0511. The fourth-order valence-electron chi connectivity index (χ4n) is 2.40. The van der Waals surface area contributed by atoms with E-state index in [-0.39, 0.29) is 23.0 Å². The summed E-state index contributed by atoms with van der Waals surface area (Å²) in [6.07, 6.45) is 0. The molecule has 0 radical (unpaired) electrons. The van der Waals surface area contributed by atoms with E-state index < -0.39 is 12.5 Å². The molecule has 0 aliphatic rings. The summed E-state index contributed by atoms with van der Waals surface area (Å²) in [5.74, 6) is -0.902. The minimum Gasteiger partial charge on any atom is -0.493 e. The number of halogens is 3. The predicted molar refractivity (Wildman–Crippen MR) is 97.3 cm³/mol. The Morgan fingerprint density at radius 2 is 1.85 bits per heavy atom. The van der Waals surface area contributed by atoms with Gasteiger partial charge in [0.2, 0.25) is 0 Å². The first-order valence-corrected chi connectivity index (χ1v) is 8.58. The number of benzene rings is 2. The molecule has 0 saturated heterocycles. The van der Waals surface area contributed by atoms with Gasteiger partial charge in [0, 0.05) is 22.2 Å². The lowest BCUT2D eigenvalue weighted by atomic mass is 10.2. The zero-order valence-corrected chi connectivity index (χ0v) is 14.9. The van der Waals surface area contributed by atoms with Crippen molar-refractivity contribution in [2.24, 2.45) is 0 Å². The summed E-state index contributed by atoms with van der Waals surface area (Å²) in [4.78, 5) is 13.4. The van der Waals surface area contributed by atoms with E-state index in [9.17, 15) is 18.0 Å². The van der Waals surface area contributed by atoms with Crippen LogP contribution in [-0.2, 0) is 0 Å². The van der Waals surface area contributed by atoms with E-state index in [1.165, 1.54) is 31.4 Å². The average Bonchev–Trinajstić information content (AvgIpc) is 3.12. The number of hydrogen-bond acceptors (Lipinski definition) is 4. The van der Waals surface area contributed by atoms with Crippen molar-refractivity contribution in [3.05, 3.63) is 65.3 Å². The smallest absolute Gasteiger partial charge is 0.387 e. The Kier molecular flexibility index (Phi) is 5.66. The monoisotopic (exact) mass is 393 g/mol. The van der Waals surface area contributed by atoms with Gasteiger partial charge in [0.25, 0.3) is 5.91 Å². The molecule has 0 unspecified atom stereocenters. The fraction of sp³-hybridized carbons (Fsp3) is 0.105. The van der Waals surface area contributed by atoms with Crippen molar-refractivity contribution in [2.45, 2.75) is 6.61 Å². The van der Waals surface area contributed by atoms with Gasteiger partial charge < -0.3 is 14.8 Å². The molecular formula is C19H14F3NO3S. The molecule has 1 amide bonds. The topological polar surface area (TPSA) is 47.6 Å². The highest BCUT2D eigenvalue weighted by Crippen LogP contribution is 2.33. The molecular weight excluding hydrogens is 379 g/mol. The van der Waals surface area contributed by atoms with Gasteiger partial charge in [-0.25, -0.2) is 4.39 Å². The predicted octanol–water partition coefficient (Wildman–Crippen LogP) is 5.42. The maximum atomic E-state index is 13.9. The SMILES string of the molecule is COc1ccc(NC(=O)c2ccc(-c3ccccc3F)s2)cc1OC(F)F. The molecule has 0 aliphatic carbocycles. The number of carbonyl (C=O) groups excluding carboxylic acids is 1. The first kappa shape index (κ1) is 18.8. The fourth-order valence-corrected chi connectivity index (χ4v) is 3.33. The molecule has 1 aromatic heterocycles. The van der Waals surface area contributed by atoms with E-state index in [1.807, 2.05) is 0 Å². The van der Waals surface area contributed by atoms with Crippen LogP contribution in [0.5, 0.6) is 11.5 Å². The molecule has 1 heterocycles. The maximum Gasteiger partial charge on any atom is 0.387 e. The number of thiophene rings is 1. The highest BCUT2D eigenvalue weighted by atomic mass is 32.1. The summed E-state index contributed by atoms with van der Waals surface area (Å²) >= 11 is 1.12. The van der Waals surface area contributed by atoms with E-state index in [1.54, 1.807) is 30.3 Å². The van der Waals surface area contributed by atoms with Crippen molar-refractivity contribution in [3.8, 4) is 21.9 Å². The molecule has 0 bridgehead atoms. The molecule has 3 aromatic rings. The van der Waals surface area contributed by atoms with E-state index >= 15 is 0 Å². The van der Waals surface area contributed by atoms with E-state index in [4.69, 9.17) is 4.74 Å². The number of hydrogen-bond donors (Lipinski definition) is 1. The van der Waals surface area contributed by atoms with Crippen LogP contribution < -0.4 is 14.8 Å². The largest absolute Gasteiger partial charge is 0.493 e. The standard InChI is InChI=1S/C19H14F3NO3S/c1-25-14-7-6-11(10-15(14)26-19(21)22)23-18(24)17-9-8-16(27-17)12-4-2-3-5-13(12)20/h2-10,19H,1H3,(H,23,24). The molecule has 0 atom stereocenters. The zero-order chi connectivity index (χ0) is 19.4. The van der Waals surface area contributed by atoms with Gasteiger partial charge in [0.15, 0.2) is 11.5 Å². The molecule has 140 valence electrons. The van der Waals surface area contributed by atoms with Crippen LogP contribution in [0.4, 0.5) is 18.9 Å². The van der Waals surface area contributed by atoms with Gasteiger partial charge in [0.05, 0.1) is 12.0 Å². The minimum atomic E-state index is -3.02. The summed E-state index contributed by atoms with van der Waals surface area (Å²) < 4.78 is 48.2. The Labute approximate surface area is 157 Å². The highest BCUT2D eigenvalue weighted by molar-refractivity contribution is 7.17. The van der Waals surface area contributed by atoms with E-state index in [2.05, 4.69) is 10.1 Å². The molecule has 0 fully saturated rings. The Morgan fingerprint density at radius 1 is 1.07 bits per heavy atom. The van der Waals surface area contributed by atoms with Crippen LogP contribution in [0, 0.1) is 5.82 Å². The summed E-state index contributed by atoms with van der Waals surface area (Å²) in [6, 6.07) is 13.6. The maximum absolute atomic E-state index is 13.9. The van der Waals surface area contributed by atoms with Crippen molar-refractivity contribution in [3.63, 3.8) is 0 Å². The van der Waals surface area contributed by atoms with Crippen LogP contribution in [0.15, 0.2) is 54.6 Å². The van der Waals surface area contributed by atoms with Crippen molar-refractivity contribution >= 4 is 22.9 Å². The molecule has 2 aromatic carbocycles. The second-order valence-electron chi connectivity index (χ2n) is 5.34. The lowest BCUT2D eigenvalue weighted by Gasteiger charge is -2.12. The van der Waals surface area contributed by atoms with Gasteiger partial charge in [0.1, 0.15) is 5.82 Å². The van der Waals surface area contributed by atoms with Crippen LogP contribution in [0.3, 0.4) is 0 Å². The summed E-state index contributed by atoms with van der Waals surface area (Å²) in [7, 11) is 1.32. The highest BCUT2D eigenvalue weighted by Gasteiger charge is 2.15. The molecule has 27 heavy (non-hydrogen) atoms. The van der Waals surface area contributed by atoms with Gasteiger partial charge in [-0.15, -0.1) is 11.3 Å². The Morgan fingerprint density at radius 3 is 2.56 bits per heavy atom. The van der Waals surface area contributed by atoms with Crippen molar-refractivity contribution in [2.75, 3.05) is 12.4 Å². The van der Waals surface area contributed by atoms with Crippen LogP contribution in [-0.4, -0.2) is 19.6 Å². The van der Waals surface area contributed by atoms with Crippen LogP contribution >= 0.6 is 11.3 Å². The van der Waals surface area contributed by atoms with Gasteiger partial charge >= 0.3 is 6.61 Å². The second kappa shape index (κ2) is 8.13. The molecule has 0 aliphatic heterocycles. The zero-order valence-electron chi connectivity index (χ0n) is 14.0. The number of nitrogens with one attached hydrogen (secondary N) is 1. The number of ether oxygens (including phenoxy) is 2. The number of carbonyl (C=O) groups is 1. The van der Waals surface area contributed by atoms with E-state index in [0.29, 0.717) is 15.3 Å². The number of rotatable bonds is 6. The van der Waals surface area contributed by atoms with Gasteiger partial charge in [-0.05, 0) is 30.3 Å². The summed E-state index contributed by atoms with van der Waals surface area (Å²) in [6.45, 7) is -3.02. The first-order valence-electron chi connectivity index (χ1n) is 7.77. The van der Waals surface area contributed by atoms with Crippen molar-refractivity contribution < 1.29 is 27.4 Å². The molecule has 0 spiro atoms. The molecule has 4 nitrogen and oxygen atoms in total. The van der Waals surface area contributed by atoms with Crippen molar-refractivity contribution in [1.82, 2.24) is 0 Å². The quantitative estimate of drug-likeness (QED) is 0.609. The lowest BCUT2D eigenvalue weighted by Crippen LogP contribution is -2.11. The van der Waals surface area contributed by atoms with Gasteiger partial charge in [-0.3, -0.25) is 4.79 Å². The molecule has 3 rings (SSSR count). The number of amides is 1. The molecule has 0 saturated carbocycles. The Balaban J connectivity index is 1.79. The number of alkyl halides is 2. The van der Waals surface area contributed by atoms with Crippen LogP contribution in [0.1, 0.15) is 9.67 Å². The summed E-state index contributed by atoms with van der Waals surface area (Å²) in [5, 5.41) is 2.60.